The molecule has 0 aliphatic carbocycles. The van der Waals surface area contributed by atoms with Crippen molar-refractivity contribution in [1.82, 2.24) is 24.4 Å². The highest BCUT2D eigenvalue weighted by Crippen LogP contribution is 2.20. The molecule has 27 heavy (non-hydrogen) atoms. The summed E-state index contributed by atoms with van der Waals surface area (Å²) >= 11 is 0. The molecule has 4 rings (SSSR count). The van der Waals surface area contributed by atoms with Gasteiger partial charge in [0, 0.05) is 49.5 Å². The lowest BCUT2D eigenvalue weighted by molar-refractivity contribution is 0.166. The number of piperidine rings is 1. The van der Waals surface area contributed by atoms with Gasteiger partial charge in [-0.2, -0.15) is 0 Å². The van der Waals surface area contributed by atoms with Gasteiger partial charge in [-0.15, -0.1) is 0 Å². The van der Waals surface area contributed by atoms with Crippen molar-refractivity contribution < 1.29 is 0 Å². The number of aromatic nitrogens is 4. The fourth-order valence-electron chi connectivity index (χ4n) is 3.60. The summed E-state index contributed by atoms with van der Waals surface area (Å²) in [6.07, 6.45) is 11.0. The number of rotatable bonds is 5. The van der Waals surface area contributed by atoms with E-state index in [4.69, 9.17) is 0 Å². The predicted molar refractivity (Wildman–Crippen MR) is 104 cm³/mol. The van der Waals surface area contributed by atoms with Crippen LogP contribution in [0.4, 0.5) is 0 Å². The lowest BCUT2D eigenvalue weighted by Gasteiger charge is -2.32. The molecule has 1 aliphatic rings. The van der Waals surface area contributed by atoms with E-state index in [-0.39, 0.29) is 5.56 Å². The van der Waals surface area contributed by atoms with Crippen LogP contribution in [0.2, 0.25) is 0 Å². The van der Waals surface area contributed by atoms with Crippen LogP contribution >= 0.6 is 0 Å². The third-order valence-corrected chi connectivity index (χ3v) is 5.15. The molecule has 0 bridgehead atoms. The van der Waals surface area contributed by atoms with Crippen LogP contribution in [0.15, 0.2) is 66.2 Å². The first kappa shape index (κ1) is 17.5. The molecule has 0 N–H and O–H groups in total. The van der Waals surface area contributed by atoms with Crippen molar-refractivity contribution in [1.29, 1.82) is 0 Å². The summed E-state index contributed by atoms with van der Waals surface area (Å²) in [5.41, 5.74) is 2.88. The number of hydrogen-bond acceptors (Lipinski definition) is 5. The van der Waals surface area contributed by atoms with E-state index < -0.39 is 0 Å². The average Bonchev–Trinajstić information content (AvgIpc) is 2.72. The highest BCUT2D eigenvalue weighted by atomic mass is 16.1. The Morgan fingerprint density at radius 3 is 2.56 bits per heavy atom. The number of hydrogen-bond donors (Lipinski definition) is 0. The Morgan fingerprint density at radius 2 is 1.85 bits per heavy atom. The van der Waals surface area contributed by atoms with Gasteiger partial charge in [0.05, 0.1) is 12.0 Å². The van der Waals surface area contributed by atoms with Crippen molar-refractivity contribution in [2.45, 2.75) is 25.9 Å². The molecule has 1 aliphatic heterocycles. The molecule has 0 radical (unpaired) electrons. The smallest absolute Gasteiger partial charge is 0.253 e. The van der Waals surface area contributed by atoms with E-state index in [0.29, 0.717) is 11.6 Å². The first-order chi connectivity index (χ1) is 13.3. The van der Waals surface area contributed by atoms with Crippen molar-refractivity contribution in [2.75, 3.05) is 13.1 Å². The molecular weight excluding hydrogens is 338 g/mol. The van der Waals surface area contributed by atoms with Crippen LogP contribution in [0, 0.1) is 5.92 Å². The Kier molecular flexibility index (Phi) is 5.34. The zero-order valence-electron chi connectivity index (χ0n) is 15.2. The molecule has 138 valence electrons. The molecule has 6 nitrogen and oxygen atoms in total. The second-order valence-electron chi connectivity index (χ2n) is 7.08. The second kappa shape index (κ2) is 8.22. The van der Waals surface area contributed by atoms with Crippen LogP contribution in [0.25, 0.3) is 11.3 Å². The van der Waals surface area contributed by atoms with Gasteiger partial charge in [0.15, 0.2) is 0 Å². The molecule has 3 aromatic heterocycles. The van der Waals surface area contributed by atoms with Crippen molar-refractivity contribution in [3.63, 3.8) is 0 Å². The Labute approximate surface area is 158 Å². The van der Waals surface area contributed by atoms with Crippen LogP contribution in [0.1, 0.15) is 18.4 Å². The van der Waals surface area contributed by atoms with Crippen LogP contribution in [-0.2, 0) is 13.1 Å². The van der Waals surface area contributed by atoms with Crippen LogP contribution in [0.5, 0.6) is 0 Å². The predicted octanol–water partition coefficient (Wildman–Crippen LogP) is 2.61. The Morgan fingerprint density at radius 1 is 1.04 bits per heavy atom. The first-order valence-electron chi connectivity index (χ1n) is 9.36. The number of likely N-dealkylation sites (tertiary alicyclic amines) is 1. The van der Waals surface area contributed by atoms with E-state index in [1.54, 1.807) is 29.4 Å². The lowest BCUT2D eigenvalue weighted by atomic mass is 9.96. The fraction of sp³-hybridized carbons (Fsp3) is 0.333. The lowest BCUT2D eigenvalue weighted by Crippen LogP contribution is -2.36. The Balaban J connectivity index is 1.34. The van der Waals surface area contributed by atoms with Gasteiger partial charge in [-0.1, -0.05) is 6.07 Å². The third kappa shape index (κ3) is 4.46. The number of nitrogens with zero attached hydrogens (tertiary/aromatic N) is 5. The summed E-state index contributed by atoms with van der Waals surface area (Å²) in [5.74, 6) is 0.515. The van der Waals surface area contributed by atoms with E-state index >= 15 is 0 Å². The van der Waals surface area contributed by atoms with E-state index in [9.17, 15) is 4.79 Å². The number of pyridine rings is 2. The van der Waals surface area contributed by atoms with Crippen LogP contribution in [-0.4, -0.2) is 37.5 Å². The quantitative estimate of drug-likeness (QED) is 0.699. The third-order valence-electron chi connectivity index (χ3n) is 5.15. The SMILES string of the molecule is O=c1cc(-c2ccncc2)ncn1CC1CCN(Cc2cccnc2)CC1. The monoisotopic (exact) mass is 361 g/mol. The van der Waals surface area contributed by atoms with Crippen molar-refractivity contribution >= 4 is 0 Å². The average molecular weight is 361 g/mol. The maximum absolute atomic E-state index is 12.5. The van der Waals surface area contributed by atoms with Crippen molar-refractivity contribution in [3.8, 4) is 11.3 Å². The van der Waals surface area contributed by atoms with Gasteiger partial charge < -0.3 is 0 Å². The molecule has 1 saturated heterocycles. The summed E-state index contributed by atoms with van der Waals surface area (Å²) in [6.45, 7) is 3.79. The largest absolute Gasteiger partial charge is 0.299 e. The van der Waals surface area contributed by atoms with Crippen molar-refractivity contribution in [2.24, 2.45) is 5.92 Å². The van der Waals surface area contributed by atoms with Gasteiger partial charge in [-0.25, -0.2) is 4.98 Å². The summed E-state index contributed by atoms with van der Waals surface area (Å²) in [7, 11) is 0. The molecule has 0 saturated carbocycles. The second-order valence-corrected chi connectivity index (χ2v) is 7.08. The van der Waals surface area contributed by atoms with E-state index in [0.717, 1.165) is 44.6 Å². The van der Waals surface area contributed by atoms with E-state index in [1.165, 1.54) is 5.56 Å². The zero-order valence-corrected chi connectivity index (χ0v) is 15.2. The highest BCUT2D eigenvalue weighted by Gasteiger charge is 2.20. The highest BCUT2D eigenvalue weighted by molar-refractivity contribution is 5.57. The topological polar surface area (TPSA) is 63.9 Å². The summed E-state index contributed by atoms with van der Waals surface area (Å²) in [5, 5.41) is 0. The van der Waals surface area contributed by atoms with E-state index in [2.05, 4.69) is 25.9 Å². The molecule has 6 heteroatoms. The minimum atomic E-state index is 0.00889. The first-order valence-corrected chi connectivity index (χ1v) is 9.36. The van der Waals surface area contributed by atoms with Gasteiger partial charge in [0.2, 0.25) is 0 Å². The normalized spacial score (nSPS) is 15.7. The molecule has 0 spiro atoms. The van der Waals surface area contributed by atoms with Crippen LogP contribution in [0.3, 0.4) is 0 Å². The summed E-state index contributed by atoms with van der Waals surface area (Å²) in [6, 6.07) is 9.45. The maximum Gasteiger partial charge on any atom is 0.253 e. The van der Waals surface area contributed by atoms with Gasteiger partial charge in [-0.05, 0) is 55.6 Å². The molecule has 1 fully saturated rings. The summed E-state index contributed by atoms with van der Waals surface area (Å²) < 4.78 is 1.74. The minimum absolute atomic E-state index is 0.00889. The standard InChI is InChI=1S/C21H23N5O/c27-21-12-20(19-3-8-22-9-4-19)24-16-26(21)15-17-5-10-25(11-6-17)14-18-2-1-7-23-13-18/h1-4,7-9,12-13,16-17H,5-6,10-11,14-15H2. The molecule has 3 aromatic rings. The maximum atomic E-state index is 12.5. The molecule has 4 heterocycles. The van der Waals surface area contributed by atoms with Gasteiger partial charge in [-0.3, -0.25) is 24.2 Å². The molecule has 0 amide bonds. The molecular formula is C21H23N5O. The van der Waals surface area contributed by atoms with E-state index in [1.807, 2.05) is 30.6 Å². The van der Waals surface area contributed by atoms with Gasteiger partial charge in [0.25, 0.3) is 5.56 Å². The van der Waals surface area contributed by atoms with Crippen LogP contribution < -0.4 is 5.56 Å². The fourth-order valence-corrected chi connectivity index (χ4v) is 3.60. The van der Waals surface area contributed by atoms with Gasteiger partial charge in [0.1, 0.15) is 0 Å². The summed E-state index contributed by atoms with van der Waals surface area (Å²) in [4.78, 5) is 27.6. The molecule has 0 unspecified atom stereocenters. The minimum Gasteiger partial charge on any atom is -0.299 e. The zero-order chi connectivity index (χ0) is 18.5. The van der Waals surface area contributed by atoms with Crippen molar-refractivity contribution in [3.05, 3.63) is 77.4 Å². The van der Waals surface area contributed by atoms with Gasteiger partial charge >= 0.3 is 0 Å². The Bertz CT molecular complexity index is 918. The molecule has 0 atom stereocenters. The Hall–Kier alpha value is -2.86. The molecule has 0 aromatic carbocycles.